The first-order valence-corrected chi connectivity index (χ1v) is 29.6. The lowest BCUT2D eigenvalue weighted by molar-refractivity contribution is 0.483. The van der Waals surface area contributed by atoms with E-state index >= 15 is 0 Å². The summed E-state index contributed by atoms with van der Waals surface area (Å²) >= 11 is 0. The van der Waals surface area contributed by atoms with E-state index in [0.717, 1.165) is 56.2 Å². The lowest BCUT2D eigenvalue weighted by Gasteiger charge is -2.35. The van der Waals surface area contributed by atoms with E-state index in [-0.39, 0.29) is 16.2 Å². The molecular formula is C79H70N4O. The number of rotatable bonds is 9. The van der Waals surface area contributed by atoms with Crippen molar-refractivity contribution in [2.45, 2.75) is 84.0 Å². The third-order valence-electron chi connectivity index (χ3n) is 17.7. The highest BCUT2D eigenvalue weighted by molar-refractivity contribution is 6.09. The van der Waals surface area contributed by atoms with Crippen molar-refractivity contribution in [3.8, 4) is 50.7 Å². The molecule has 0 bridgehead atoms. The van der Waals surface area contributed by atoms with Gasteiger partial charge < -0.3 is 14.5 Å². The highest BCUT2D eigenvalue weighted by atomic mass is 16.5. The number of nitrogens with zero attached hydrogens (tertiary/aromatic N) is 4. The third-order valence-corrected chi connectivity index (χ3v) is 17.7. The number of ether oxygens (including phenoxy) is 1. The fourth-order valence-electron chi connectivity index (χ4n) is 13.3. The normalized spacial score (nSPS) is 13.8. The summed E-state index contributed by atoms with van der Waals surface area (Å²) in [5.41, 5.74) is 22.1. The standard InChI is InChI=1S/C79H70N4O/c1-76(2,3)54-34-36-55(37-35-54)79(68-42-38-56(77(4,5)6)46-66(68)67-47-57(78(7,8)9)39-43-69(67)79)58-44-45-80-74(48-58)83-70-31-17-16-28-64(70)65-41-40-61(50-73(65)83)84-60-27-20-26-59(49-60)81-51-82(72-33-19-18-32-71(72)81)75-62(52-22-12-10-13-23-52)29-21-30-63(75)53-24-14-11-15-25-53/h10-50H,51H2,1-9H3. The Morgan fingerprint density at radius 1 is 0.393 bits per heavy atom. The Bertz CT molecular complexity index is 4370. The summed E-state index contributed by atoms with van der Waals surface area (Å²) in [6.45, 7) is 21.4. The Morgan fingerprint density at radius 2 is 0.929 bits per heavy atom. The molecule has 14 rings (SSSR count). The summed E-state index contributed by atoms with van der Waals surface area (Å²) in [5.74, 6) is 2.34. The van der Waals surface area contributed by atoms with Crippen LogP contribution < -0.4 is 14.5 Å². The Labute approximate surface area is 495 Å². The van der Waals surface area contributed by atoms with Gasteiger partial charge in [-0.2, -0.15) is 0 Å². The van der Waals surface area contributed by atoms with E-state index in [2.05, 4.69) is 319 Å². The maximum absolute atomic E-state index is 7.01. The van der Waals surface area contributed by atoms with Crippen molar-refractivity contribution >= 4 is 44.6 Å². The molecule has 1 aliphatic heterocycles. The van der Waals surface area contributed by atoms with Crippen LogP contribution in [-0.2, 0) is 21.7 Å². The van der Waals surface area contributed by atoms with Crippen LogP contribution in [0.3, 0.4) is 0 Å². The van der Waals surface area contributed by atoms with Crippen molar-refractivity contribution in [1.29, 1.82) is 0 Å². The average Bonchev–Trinajstić information content (AvgIpc) is 2.63. The molecule has 5 nitrogen and oxygen atoms in total. The minimum Gasteiger partial charge on any atom is -0.457 e. The van der Waals surface area contributed by atoms with Gasteiger partial charge in [-0.05, 0) is 132 Å². The number of anilines is 4. The molecule has 0 unspecified atom stereocenters. The van der Waals surface area contributed by atoms with E-state index in [1.807, 2.05) is 6.20 Å². The van der Waals surface area contributed by atoms with Gasteiger partial charge in [0.2, 0.25) is 0 Å². The van der Waals surface area contributed by atoms with E-state index in [0.29, 0.717) is 6.67 Å². The quantitative estimate of drug-likeness (QED) is 0.144. The fourth-order valence-corrected chi connectivity index (χ4v) is 13.3. The van der Waals surface area contributed by atoms with Crippen molar-refractivity contribution in [3.05, 3.63) is 288 Å². The first kappa shape index (κ1) is 52.6. The zero-order valence-electron chi connectivity index (χ0n) is 49.6. The maximum atomic E-state index is 7.01. The molecule has 0 atom stereocenters. The van der Waals surface area contributed by atoms with Crippen molar-refractivity contribution in [2.75, 3.05) is 16.5 Å². The number of pyridine rings is 1. The van der Waals surface area contributed by atoms with Gasteiger partial charge in [-0.3, -0.25) is 4.57 Å². The highest BCUT2D eigenvalue weighted by Crippen LogP contribution is 2.58. The first-order chi connectivity index (χ1) is 40.5. The smallest absolute Gasteiger partial charge is 0.137 e. The largest absolute Gasteiger partial charge is 0.457 e. The van der Waals surface area contributed by atoms with Gasteiger partial charge in [0.25, 0.3) is 0 Å². The monoisotopic (exact) mass is 1090 g/mol. The molecule has 10 aromatic carbocycles. The number of para-hydroxylation sites is 4. The number of fused-ring (bicyclic) bond motifs is 7. The summed E-state index contributed by atoms with van der Waals surface area (Å²) in [4.78, 5) is 10.2. The molecule has 2 aliphatic rings. The van der Waals surface area contributed by atoms with Crippen molar-refractivity contribution in [1.82, 2.24) is 9.55 Å². The zero-order chi connectivity index (χ0) is 57.7. The predicted octanol–water partition coefficient (Wildman–Crippen LogP) is 20.8. The summed E-state index contributed by atoms with van der Waals surface area (Å²) in [7, 11) is 0. The van der Waals surface area contributed by atoms with Crippen LogP contribution in [0.15, 0.2) is 249 Å². The summed E-state index contributed by atoms with van der Waals surface area (Å²) < 4.78 is 9.35. The highest BCUT2D eigenvalue weighted by Gasteiger charge is 2.47. The van der Waals surface area contributed by atoms with Gasteiger partial charge in [0.15, 0.2) is 0 Å². The minimum absolute atomic E-state index is 0.00176. The topological polar surface area (TPSA) is 33.5 Å². The van der Waals surface area contributed by atoms with Gasteiger partial charge in [0.05, 0.1) is 33.5 Å². The van der Waals surface area contributed by atoms with Gasteiger partial charge in [0, 0.05) is 45.9 Å². The fraction of sp³-hybridized carbons (Fsp3) is 0.177. The molecule has 1 aliphatic carbocycles. The predicted molar refractivity (Wildman–Crippen MR) is 351 cm³/mol. The SMILES string of the molecule is CC(C)(C)c1ccc(C2(c3ccnc(-n4c5ccccc5c5ccc(Oc6cccc(N7CN(c8c(-c9ccccc9)cccc8-c8ccccc8)c8ccccc87)c6)cc54)c3)c3ccc(C(C)(C)C)cc3-c3cc(C(C)(C)C)ccc32)cc1. The molecule has 0 spiro atoms. The Hall–Kier alpha value is -9.45. The molecule has 0 radical (unpaired) electrons. The average molecular weight is 1090 g/mol. The molecule has 2 aromatic heterocycles. The number of benzene rings is 10. The van der Waals surface area contributed by atoms with E-state index in [1.54, 1.807) is 0 Å². The van der Waals surface area contributed by atoms with Gasteiger partial charge in [-0.1, -0.05) is 238 Å². The molecule has 0 fully saturated rings. The van der Waals surface area contributed by atoms with E-state index in [4.69, 9.17) is 9.72 Å². The van der Waals surface area contributed by atoms with E-state index in [1.165, 1.54) is 78.0 Å². The molecule has 84 heavy (non-hydrogen) atoms. The number of hydrogen-bond donors (Lipinski definition) is 0. The van der Waals surface area contributed by atoms with Gasteiger partial charge in [0.1, 0.15) is 24.0 Å². The zero-order valence-corrected chi connectivity index (χ0v) is 49.6. The minimum atomic E-state index is -0.647. The lowest BCUT2D eigenvalue weighted by Crippen LogP contribution is -2.29. The first-order valence-electron chi connectivity index (χ1n) is 29.6. The third kappa shape index (κ3) is 8.79. The van der Waals surface area contributed by atoms with Crippen LogP contribution >= 0.6 is 0 Å². The van der Waals surface area contributed by atoms with Crippen LogP contribution in [0.25, 0.3) is 61.0 Å². The second-order valence-electron chi connectivity index (χ2n) is 26.1. The second-order valence-corrected chi connectivity index (χ2v) is 26.1. The van der Waals surface area contributed by atoms with Crippen molar-refractivity contribution in [2.24, 2.45) is 0 Å². The maximum Gasteiger partial charge on any atom is 0.137 e. The van der Waals surface area contributed by atoms with Gasteiger partial charge in [-0.15, -0.1) is 0 Å². The summed E-state index contributed by atoms with van der Waals surface area (Å²) in [6.07, 6.45) is 2.02. The van der Waals surface area contributed by atoms with Crippen LogP contribution in [0.2, 0.25) is 0 Å². The number of aromatic nitrogens is 2. The van der Waals surface area contributed by atoms with Crippen LogP contribution in [-0.4, -0.2) is 16.2 Å². The van der Waals surface area contributed by atoms with Crippen LogP contribution in [0, 0.1) is 0 Å². The van der Waals surface area contributed by atoms with E-state index in [9.17, 15) is 0 Å². The molecule has 0 saturated heterocycles. The van der Waals surface area contributed by atoms with Crippen LogP contribution in [0.1, 0.15) is 101 Å². The Kier molecular flexibility index (Phi) is 12.5. The lowest BCUT2D eigenvalue weighted by atomic mass is 9.67. The molecule has 0 N–H and O–H groups in total. The molecular weight excluding hydrogens is 1020 g/mol. The van der Waals surface area contributed by atoms with Crippen LogP contribution in [0.5, 0.6) is 11.5 Å². The molecule has 5 heteroatoms. The summed E-state index contributed by atoms with van der Waals surface area (Å²) in [5, 5.41) is 2.29. The molecule has 12 aromatic rings. The van der Waals surface area contributed by atoms with Crippen molar-refractivity contribution in [3.63, 3.8) is 0 Å². The molecule has 3 heterocycles. The van der Waals surface area contributed by atoms with Gasteiger partial charge >= 0.3 is 0 Å². The second kappa shape index (κ2) is 19.9. The van der Waals surface area contributed by atoms with Crippen LogP contribution in [0.4, 0.5) is 22.7 Å². The Morgan fingerprint density at radius 3 is 1.55 bits per heavy atom. The molecule has 0 saturated carbocycles. The summed E-state index contributed by atoms with van der Waals surface area (Å²) in [6, 6.07) is 89.3. The Balaban J connectivity index is 0.877. The number of hydrogen-bond acceptors (Lipinski definition) is 4. The molecule has 412 valence electrons. The van der Waals surface area contributed by atoms with Gasteiger partial charge in [-0.25, -0.2) is 4.98 Å². The van der Waals surface area contributed by atoms with E-state index < -0.39 is 5.41 Å². The molecule has 0 amide bonds. The van der Waals surface area contributed by atoms with Crippen molar-refractivity contribution < 1.29 is 4.74 Å².